The molecule has 4 rings (SSSR count). The minimum atomic E-state index is -1.04. The van der Waals surface area contributed by atoms with E-state index in [0.29, 0.717) is 18.0 Å². The average Bonchev–Trinajstić information content (AvgIpc) is 3.00. The summed E-state index contributed by atoms with van der Waals surface area (Å²) >= 11 is 0. The van der Waals surface area contributed by atoms with Crippen molar-refractivity contribution in [3.63, 3.8) is 0 Å². The van der Waals surface area contributed by atoms with Crippen LogP contribution in [0.3, 0.4) is 0 Å². The van der Waals surface area contributed by atoms with Gasteiger partial charge in [-0.05, 0) is 37.6 Å². The van der Waals surface area contributed by atoms with E-state index in [-0.39, 0.29) is 12.0 Å². The normalized spacial score (nSPS) is 29.3. The standard InChI is InChI=1S/C23H25NO4/c1-24-18-13-14-19(24)23(22(26)27-2,17-11-7-4-8-12-17)20(15-18)28-21(25)16-9-5-3-6-10-16/h3-12,18-20H,13-15H2,1-2H3/t18-,19+,20+,23-/m1/s1. The Labute approximate surface area is 165 Å². The van der Waals surface area contributed by atoms with Gasteiger partial charge in [0.15, 0.2) is 0 Å². The number of methoxy groups -OCH3 is 1. The maximum absolute atomic E-state index is 13.3. The van der Waals surface area contributed by atoms with Gasteiger partial charge >= 0.3 is 11.9 Å². The van der Waals surface area contributed by atoms with E-state index in [4.69, 9.17) is 9.47 Å². The Morgan fingerprint density at radius 3 is 2.29 bits per heavy atom. The van der Waals surface area contributed by atoms with Crippen molar-refractivity contribution in [2.24, 2.45) is 0 Å². The van der Waals surface area contributed by atoms with E-state index in [9.17, 15) is 9.59 Å². The first kappa shape index (κ1) is 18.7. The smallest absolute Gasteiger partial charge is 0.338 e. The molecule has 2 bridgehead atoms. The lowest BCUT2D eigenvalue weighted by molar-refractivity contribution is -0.161. The van der Waals surface area contributed by atoms with Crippen molar-refractivity contribution in [1.82, 2.24) is 4.90 Å². The van der Waals surface area contributed by atoms with Crippen LogP contribution in [-0.2, 0) is 19.7 Å². The molecule has 5 nitrogen and oxygen atoms in total. The van der Waals surface area contributed by atoms with Crippen LogP contribution in [0.2, 0.25) is 0 Å². The first-order chi connectivity index (χ1) is 13.6. The Bertz CT molecular complexity index is 853. The molecule has 2 aromatic rings. The maximum Gasteiger partial charge on any atom is 0.338 e. The maximum atomic E-state index is 13.3. The summed E-state index contributed by atoms with van der Waals surface area (Å²) in [4.78, 5) is 28.4. The highest BCUT2D eigenvalue weighted by Crippen LogP contribution is 2.50. The van der Waals surface area contributed by atoms with Gasteiger partial charge in [0.05, 0.1) is 12.7 Å². The second-order valence-corrected chi connectivity index (χ2v) is 7.63. The number of nitrogens with zero attached hydrogens (tertiary/aromatic N) is 1. The molecule has 0 amide bonds. The van der Waals surface area contributed by atoms with Crippen LogP contribution < -0.4 is 0 Å². The molecule has 2 aliphatic rings. The van der Waals surface area contributed by atoms with Crippen LogP contribution >= 0.6 is 0 Å². The molecule has 2 aliphatic heterocycles. The number of benzene rings is 2. The number of esters is 2. The monoisotopic (exact) mass is 379 g/mol. The zero-order chi connectivity index (χ0) is 19.7. The fourth-order valence-electron chi connectivity index (χ4n) is 5.05. The van der Waals surface area contributed by atoms with E-state index in [1.54, 1.807) is 24.3 Å². The Morgan fingerprint density at radius 1 is 1.00 bits per heavy atom. The van der Waals surface area contributed by atoms with Crippen LogP contribution in [0.25, 0.3) is 0 Å². The zero-order valence-corrected chi connectivity index (χ0v) is 16.2. The van der Waals surface area contributed by atoms with Gasteiger partial charge in [0.2, 0.25) is 0 Å². The Morgan fingerprint density at radius 2 is 1.64 bits per heavy atom. The number of carbonyl (C=O) groups is 2. The molecular weight excluding hydrogens is 354 g/mol. The topological polar surface area (TPSA) is 55.8 Å². The van der Waals surface area contributed by atoms with Gasteiger partial charge in [-0.3, -0.25) is 9.69 Å². The predicted molar refractivity (Wildman–Crippen MR) is 105 cm³/mol. The molecule has 146 valence electrons. The largest absolute Gasteiger partial charge is 0.468 e. The molecule has 0 aromatic heterocycles. The van der Waals surface area contributed by atoms with Crippen molar-refractivity contribution in [3.8, 4) is 0 Å². The number of carbonyl (C=O) groups excluding carboxylic acids is 2. The molecule has 2 fully saturated rings. The predicted octanol–water partition coefficient (Wildman–Crippen LogP) is 3.19. The summed E-state index contributed by atoms with van der Waals surface area (Å²) in [6.45, 7) is 0. The zero-order valence-electron chi connectivity index (χ0n) is 16.2. The summed E-state index contributed by atoms with van der Waals surface area (Å²) in [7, 11) is 3.46. The van der Waals surface area contributed by atoms with Crippen LogP contribution in [0.5, 0.6) is 0 Å². The third-order valence-corrected chi connectivity index (χ3v) is 6.39. The highest BCUT2D eigenvalue weighted by molar-refractivity contribution is 5.91. The third kappa shape index (κ3) is 2.81. The molecule has 2 saturated heterocycles. The lowest BCUT2D eigenvalue weighted by Gasteiger charge is -2.49. The minimum absolute atomic E-state index is 0.0744. The van der Waals surface area contributed by atoms with Crippen molar-refractivity contribution in [2.45, 2.75) is 42.9 Å². The molecule has 2 aromatic carbocycles. The van der Waals surface area contributed by atoms with E-state index in [1.807, 2.05) is 36.4 Å². The molecule has 0 unspecified atom stereocenters. The van der Waals surface area contributed by atoms with Crippen molar-refractivity contribution < 1.29 is 19.1 Å². The molecule has 28 heavy (non-hydrogen) atoms. The summed E-state index contributed by atoms with van der Waals surface area (Å²) < 4.78 is 11.3. The van der Waals surface area contributed by atoms with Gasteiger partial charge in [-0.1, -0.05) is 48.5 Å². The SMILES string of the molecule is COC(=O)[C@@]1(c2ccccc2)[C@@H](OC(=O)c2ccccc2)C[C@H]2CC[C@@H]1N2C. The number of ether oxygens (including phenoxy) is 2. The average molecular weight is 379 g/mol. The molecule has 0 spiro atoms. The fourth-order valence-corrected chi connectivity index (χ4v) is 5.05. The summed E-state index contributed by atoms with van der Waals surface area (Å²) in [6.07, 6.45) is 1.87. The van der Waals surface area contributed by atoms with Crippen LogP contribution in [-0.4, -0.2) is 49.2 Å². The lowest BCUT2D eigenvalue weighted by Crippen LogP contribution is -2.65. The molecule has 4 atom stereocenters. The van der Waals surface area contributed by atoms with Crippen molar-refractivity contribution >= 4 is 11.9 Å². The van der Waals surface area contributed by atoms with Crippen LogP contribution in [0.1, 0.15) is 35.2 Å². The van der Waals surface area contributed by atoms with Gasteiger partial charge < -0.3 is 9.47 Å². The van der Waals surface area contributed by atoms with Crippen molar-refractivity contribution in [3.05, 3.63) is 71.8 Å². The van der Waals surface area contributed by atoms with Crippen LogP contribution in [0.4, 0.5) is 0 Å². The van der Waals surface area contributed by atoms with E-state index in [1.165, 1.54) is 7.11 Å². The van der Waals surface area contributed by atoms with Crippen molar-refractivity contribution in [1.29, 1.82) is 0 Å². The Balaban J connectivity index is 1.80. The number of piperidine rings is 1. The quantitative estimate of drug-likeness (QED) is 0.764. The first-order valence-electron chi connectivity index (χ1n) is 9.71. The van der Waals surface area contributed by atoms with Gasteiger partial charge in [-0.25, -0.2) is 4.79 Å². The Hall–Kier alpha value is -2.66. The molecule has 5 heteroatoms. The van der Waals surface area contributed by atoms with E-state index in [2.05, 4.69) is 11.9 Å². The molecule has 0 aliphatic carbocycles. The van der Waals surface area contributed by atoms with E-state index in [0.717, 1.165) is 18.4 Å². The number of fused-ring (bicyclic) bond motifs is 2. The third-order valence-electron chi connectivity index (χ3n) is 6.39. The molecule has 0 radical (unpaired) electrons. The second-order valence-electron chi connectivity index (χ2n) is 7.63. The molecule has 0 saturated carbocycles. The van der Waals surface area contributed by atoms with Crippen LogP contribution in [0.15, 0.2) is 60.7 Å². The minimum Gasteiger partial charge on any atom is -0.468 e. The van der Waals surface area contributed by atoms with Crippen molar-refractivity contribution in [2.75, 3.05) is 14.2 Å². The van der Waals surface area contributed by atoms with Gasteiger partial charge in [0.25, 0.3) is 0 Å². The number of rotatable bonds is 4. The summed E-state index contributed by atoms with van der Waals surface area (Å²) in [5.41, 5.74) is 0.285. The summed E-state index contributed by atoms with van der Waals surface area (Å²) in [5, 5.41) is 0. The number of likely N-dealkylation sites (N-methyl/N-ethyl adjacent to an activating group) is 1. The van der Waals surface area contributed by atoms with Crippen LogP contribution in [0, 0.1) is 0 Å². The van der Waals surface area contributed by atoms with Gasteiger partial charge in [0.1, 0.15) is 11.5 Å². The molecular formula is C23H25NO4. The second kappa shape index (κ2) is 7.40. The fraction of sp³-hybridized carbons (Fsp3) is 0.391. The van der Waals surface area contributed by atoms with E-state index >= 15 is 0 Å². The van der Waals surface area contributed by atoms with Gasteiger partial charge in [-0.15, -0.1) is 0 Å². The summed E-state index contributed by atoms with van der Waals surface area (Å²) in [5.74, 6) is -0.750. The van der Waals surface area contributed by atoms with Gasteiger partial charge in [-0.2, -0.15) is 0 Å². The highest BCUT2D eigenvalue weighted by atomic mass is 16.6. The number of hydrogen-bond donors (Lipinski definition) is 0. The lowest BCUT2D eigenvalue weighted by atomic mass is 9.66. The Kier molecular flexibility index (Phi) is 4.94. The van der Waals surface area contributed by atoms with E-state index < -0.39 is 17.5 Å². The van der Waals surface area contributed by atoms with Gasteiger partial charge in [0, 0.05) is 18.5 Å². The summed E-state index contributed by atoms with van der Waals surface area (Å²) in [6, 6.07) is 18.8. The molecule has 2 heterocycles. The first-order valence-corrected chi connectivity index (χ1v) is 9.71. The number of hydrogen-bond acceptors (Lipinski definition) is 5. The highest BCUT2D eigenvalue weighted by Gasteiger charge is 2.63. The molecule has 0 N–H and O–H groups in total.